The Labute approximate surface area is 163 Å². The second-order valence-electron chi connectivity index (χ2n) is 6.88. The summed E-state index contributed by atoms with van der Waals surface area (Å²) >= 11 is 0. The summed E-state index contributed by atoms with van der Waals surface area (Å²) in [7, 11) is -4.00. The number of aryl methyl sites for hydroxylation is 1. The van der Waals surface area contributed by atoms with E-state index in [1.54, 1.807) is 36.4 Å². The molecule has 0 bridgehead atoms. The number of hydrogen-bond acceptors (Lipinski definition) is 3. The topological polar surface area (TPSA) is 74.7 Å². The number of nitrogens with zero attached hydrogens (tertiary/aromatic N) is 1. The highest BCUT2D eigenvalue weighted by atomic mass is 32.2. The predicted molar refractivity (Wildman–Crippen MR) is 108 cm³/mol. The van der Waals surface area contributed by atoms with Gasteiger partial charge in [0.25, 0.3) is 10.0 Å². The monoisotopic (exact) mass is 393 g/mol. The lowest BCUT2D eigenvalue weighted by Crippen LogP contribution is -2.42. The molecule has 0 unspecified atom stereocenters. The number of carboxylic acid groups (broad SMARTS) is 1. The molecule has 3 aromatic rings. The van der Waals surface area contributed by atoms with Crippen LogP contribution in [0.1, 0.15) is 11.1 Å². The van der Waals surface area contributed by atoms with Gasteiger partial charge in [0.15, 0.2) is 0 Å². The molecule has 142 valence electrons. The van der Waals surface area contributed by atoms with Crippen LogP contribution in [0.4, 0.5) is 5.69 Å². The number of fused-ring (bicyclic) bond motifs is 1. The third kappa shape index (κ3) is 3.05. The molecule has 1 aliphatic rings. The molecule has 1 aliphatic heterocycles. The van der Waals surface area contributed by atoms with Crippen molar-refractivity contribution in [3.8, 4) is 11.1 Å². The van der Waals surface area contributed by atoms with E-state index in [4.69, 9.17) is 0 Å². The maximum atomic E-state index is 13.3. The van der Waals surface area contributed by atoms with E-state index >= 15 is 0 Å². The van der Waals surface area contributed by atoms with Crippen molar-refractivity contribution in [1.82, 2.24) is 0 Å². The van der Waals surface area contributed by atoms with Gasteiger partial charge in [0.1, 0.15) is 6.04 Å². The van der Waals surface area contributed by atoms with Crippen LogP contribution in [-0.4, -0.2) is 25.5 Å². The number of anilines is 1. The van der Waals surface area contributed by atoms with Crippen LogP contribution in [-0.2, 0) is 21.2 Å². The second kappa shape index (κ2) is 6.80. The van der Waals surface area contributed by atoms with Crippen molar-refractivity contribution < 1.29 is 18.3 Å². The van der Waals surface area contributed by atoms with Crippen LogP contribution in [0.25, 0.3) is 11.1 Å². The molecule has 0 amide bonds. The zero-order chi connectivity index (χ0) is 19.9. The van der Waals surface area contributed by atoms with Crippen molar-refractivity contribution in [1.29, 1.82) is 0 Å². The first kappa shape index (κ1) is 18.3. The predicted octanol–water partition coefficient (Wildman–Crippen LogP) is 3.87. The zero-order valence-corrected chi connectivity index (χ0v) is 16.1. The van der Waals surface area contributed by atoms with Crippen LogP contribution >= 0.6 is 0 Å². The molecule has 1 heterocycles. The van der Waals surface area contributed by atoms with Crippen molar-refractivity contribution in [2.75, 3.05) is 4.31 Å². The molecule has 0 aliphatic carbocycles. The Bertz CT molecular complexity index is 1150. The van der Waals surface area contributed by atoms with Gasteiger partial charge in [-0.15, -0.1) is 0 Å². The van der Waals surface area contributed by atoms with Crippen LogP contribution in [0.3, 0.4) is 0 Å². The smallest absolute Gasteiger partial charge is 0.327 e. The summed E-state index contributed by atoms with van der Waals surface area (Å²) in [5.74, 6) is -1.16. The first-order valence-corrected chi connectivity index (χ1v) is 10.3. The summed E-state index contributed by atoms with van der Waals surface area (Å²) in [5.41, 5.74) is 4.16. The lowest BCUT2D eigenvalue weighted by atomic mass is 10.0. The quantitative estimate of drug-likeness (QED) is 0.730. The fraction of sp³-hybridized carbons (Fsp3) is 0.136. The maximum absolute atomic E-state index is 13.3. The lowest BCUT2D eigenvalue weighted by Gasteiger charge is -2.24. The Morgan fingerprint density at radius 2 is 1.68 bits per heavy atom. The van der Waals surface area contributed by atoms with Gasteiger partial charge < -0.3 is 5.11 Å². The molecule has 0 aromatic heterocycles. The molecule has 5 nitrogen and oxygen atoms in total. The van der Waals surface area contributed by atoms with Gasteiger partial charge in [0, 0.05) is 6.42 Å². The van der Waals surface area contributed by atoms with Crippen LogP contribution in [0.2, 0.25) is 0 Å². The number of para-hydroxylation sites is 1. The van der Waals surface area contributed by atoms with E-state index in [0.717, 1.165) is 26.6 Å². The van der Waals surface area contributed by atoms with E-state index in [0.29, 0.717) is 5.69 Å². The van der Waals surface area contributed by atoms with Gasteiger partial charge in [0.2, 0.25) is 0 Å². The van der Waals surface area contributed by atoms with E-state index < -0.39 is 22.0 Å². The summed E-state index contributed by atoms with van der Waals surface area (Å²) in [6.45, 7) is 2.00. The Morgan fingerprint density at radius 1 is 0.964 bits per heavy atom. The van der Waals surface area contributed by atoms with Crippen LogP contribution in [0.5, 0.6) is 0 Å². The van der Waals surface area contributed by atoms with Crippen molar-refractivity contribution in [3.05, 3.63) is 83.9 Å². The third-order valence-electron chi connectivity index (χ3n) is 4.97. The normalized spacial score (nSPS) is 16.0. The Balaban J connectivity index is 1.74. The van der Waals surface area contributed by atoms with E-state index in [1.807, 2.05) is 31.2 Å². The molecule has 6 heteroatoms. The van der Waals surface area contributed by atoms with Crippen molar-refractivity contribution in [3.63, 3.8) is 0 Å². The second-order valence-corrected chi connectivity index (χ2v) is 8.70. The summed E-state index contributed by atoms with van der Waals surface area (Å²) in [5, 5.41) is 9.58. The molecule has 3 aromatic carbocycles. The highest BCUT2D eigenvalue weighted by Crippen LogP contribution is 2.37. The van der Waals surface area contributed by atoms with Gasteiger partial charge in [-0.25, -0.2) is 13.2 Å². The molecule has 4 rings (SSSR count). The number of aliphatic carboxylic acids is 1. The molecule has 0 fully saturated rings. The molecule has 1 atom stereocenters. The molecule has 0 saturated heterocycles. The summed E-state index contributed by atoms with van der Waals surface area (Å²) in [4.78, 5) is 11.8. The van der Waals surface area contributed by atoms with Gasteiger partial charge in [0.05, 0.1) is 10.6 Å². The first-order valence-electron chi connectivity index (χ1n) is 8.90. The Hall–Kier alpha value is -3.12. The standard InChI is InChI=1S/C22H19NO4S/c1-15-5-4-7-17(13-15)16-9-11-19(12-10-16)28(26,27)23-20-8-3-2-6-18(20)14-21(23)22(24)25/h2-13,21H,14H2,1H3,(H,24,25)/t21-/m0/s1. The number of carboxylic acids is 1. The highest BCUT2D eigenvalue weighted by molar-refractivity contribution is 7.93. The number of carbonyl (C=O) groups is 1. The highest BCUT2D eigenvalue weighted by Gasteiger charge is 2.42. The molecular formula is C22H19NO4S. The van der Waals surface area contributed by atoms with Crippen LogP contribution < -0.4 is 4.31 Å². The van der Waals surface area contributed by atoms with Gasteiger partial charge in [-0.2, -0.15) is 0 Å². The van der Waals surface area contributed by atoms with Crippen LogP contribution in [0.15, 0.2) is 77.7 Å². The average Bonchev–Trinajstić information content (AvgIpc) is 3.09. The van der Waals surface area contributed by atoms with E-state index in [2.05, 4.69) is 0 Å². The third-order valence-corrected chi connectivity index (χ3v) is 6.81. The largest absolute Gasteiger partial charge is 0.480 e. The molecule has 28 heavy (non-hydrogen) atoms. The Morgan fingerprint density at radius 3 is 2.36 bits per heavy atom. The molecular weight excluding hydrogens is 374 g/mol. The molecule has 1 N–H and O–H groups in total. The number of hydrogen-bond donors (Lipinski definition) is 1. The SMILES string of the molecule is Cc1cccc(-c2ccc(S(=O)(=O)N3c4ccccc4C[C@H]3C(=O)O)cc2)c1. The first-order chi connectivity index (χ1) is 13.4. The number of rotatable bonds is 4. The van der Waals surface area contributed by atoms with Gasteiger partial charge in [-0.1, -0.05) is 60.2 Å². The lowest BCUT2D eigenvalue weighted by molar-refractivity contribution is -0.138. The van der Waals surface area contributed by atoms with Crippen molar-refractivity contribution in [2.24, 2.45) is 0 Å². The summed E-state index contributed by atoms with van der Waals surface area (Å²) < 4.78 is 27.6. The fourth-order valence-electron chi connectivity index (χ4n) is 3.60. The van der Waals surface area contributed by atoms with Gasteiger partial charge in [-0.3, -0.25) is 4.31 Å². The van der Waals surface area contributed by atoms with Crippen molar-refractivity contribution >= 4 is 21.7 Å². The minimum Gasteiger partial charge on any atom is -0.480 e. The summed E-state index contributed by atoms with van der Waals surface area (Å²) in [6.07, 6.45) is 0.159. The molecule has 0 spiro atoms. The molecule has 0 saturated carbocycles. The van der Waals surface area contributed by atoms with E-state index in [-0.39, 0.29) is 11.3 Å². The number of benzene rings is 3. The van der Waals surface area contributed by atoms with Crippen LogP contribution in [0, 0.1) is 6.92 Å². The number of sulfonamides is 1. The van der Waals surface area contributed by atoms with Gasteiger partial charge in [-0.05, 0) is 41.8 Å². The maximum Gasteiger partial charge on any atom is 0.327 e. The molecule has 0 radical (unpaired) electrons. The van der Waals surface area contributed by atoms with E-state index in [1.165, 1.54) is 12.1 Å². The van der Waals surface area contributed by atoms with E-state index in [9.17, 15) is 18.3 Å². The Kier molecular flexibility index (Phi) is 4.43. The average molecular weight is 393 g/mol. The van der Waals surface area contributed by atoms with Crippen molar-refractivity contribution in [2.45, 2.75) is 24.3 Å². The minimum atomic E-state index is -4.00. The zero-order valence-electron chi connectivity index (χ0n) is 15.2. The minimum absolute atomic E-state index is 0.0758. The van der Waals surface area contributed by atoms with Gasteiger partial charge >= 0.3 is 5.97 Å². The fourth-order valence-corrected chi connectivity index (χ4v) is 5.24. The summed E-state index contributed by atoms with van der Waals surface area (Å²) in [6, 6.07) is 20.3.